The highest BCUT2D eigenvalue weighted by Crippen LogP contribution is 2.39. The third-order valence-electron chi connectivity index (χ3n) is 2.74. The van der Waals surface area contributed by atoms with Gasteiger partial charge in [0.15, 0.2) is 0 Å². The highest BCUT2D eigenvalue weighted by Gasteiger charge is 2.48. The van der Waals surface area contributed by atoms with Crippen molar-refractivity contribution in [2.24, 2.45) is 0 Å². The fraction of sp³-hybridized carbons (Fsp3) is 0.500. The Kier molecular flexibility index (Phi) is 5.37. The molecule has 1 atom stereocenters. The molecule has 0 N–H and O–H groups in total. The summed E-state index contributed by atoms with van der Waals surface area (Å²) in [5, 5.41) is 0. The number of benzene rings is 1. The molecule has 0 bridgehead atoms. The topological polar surface area (TPSA) is 43.4 Å². The molecule has 0 fully saturated rings. The first-order valence-electron chi connectivity index (χ1n) is 6.06. The summed E-state index contributed by atoms with van der Waals surface area (Å²) >= 11 is 0. The number of hydrogen-bond acceptors (Lipinski definition) is 3. The zero-order chi connectivity index (χ0) is 17.2. The highest BCUT2D eigenvalue weighted by molar-refractivity contribution is 7.87. The third kappa shape index (κ3) is 4.52. The highest BCUT2D eigenvalue weighted by atomic mass is 32.2. The van der Waals surface area contributed by atoms with Gasteiger partial charge in [0.1, 0.15) is 5.75 Å². The molecule has 0 aliphatic carbocycles. The lowest BCUT2D eigenvalue weighted by molar-refractivity contribution is -0.152. The quantitative estimate of drug-likeness (QED) is 0.450. The molecule has 1 aromatic rings. The molecule has 10 heteroatoms. The van der Waals surface area contributed by atoms with Crippen molar-refractivity contribution in [2.75, 3.05) is 0 Å². The van der Waals surface area contributed by atoms with E-state index in [2.05, 4.69) is 4.18 Å². The maximum Gasteiger partial charge on any atom is 0.534 e. The minimum Gasteiger partial charge on any atom is -0.376 e. The van der Waals surface area contributed by atoms with E-state index in [1.807, 2.05) is 0 Å². The van der Waals surface area contributed by atoms with Gasteiger partial charge in [-0.05, 0) is 24.1 Å². The van der Waals surface area contributed by atoms with Crippen LogP contribution >= 0.6 is 0 Å². The minimum absolute atomic E-state index is 0.175. The molecule has 0 heterocycles. The van der Waals surface area contributed by atoms with Gasteiger partial charge < -0.3 is 4.18 Å². The van der Waals surface area contributed by atoms with Gasteiger partial charge in [-0.1, -0.05) is 25.5 Å². The summed E-state index contributed by atoms with van der Waals surface area (Å²) in [5.41, 5.74) is -5.78. The van der Waals surface area contributed by atoms with Gasteiger partial charge in [0.25, 0.3) is 0 Å². The van der Waals surface area contributed by atoms with Crippen LogP contribution in [0.3, 0.4) is 0 Å². The van der Waals surface area contributed by atoms with Crippen molar-refractivity contribution < 1.29 is 38.9 Å². The van der Waals surface area contributed by atoms with Gasteiger partial charge >= 0.3 is 21.8 Å². The van der Waals surface area contributed by atoms with Crippen LogP contribution in [-0.4, -0.2) is 20.1 Å². The van der Waals surface area contributed by atoms with Gasteiger partial charge in [-0.3, -0.25) is 0 Å². The van der Waals surface area contributed by atoms with Crippen LogP contribution in [0.25, 0.3) is 0 Å². The van der Waals surface area contributed by atoms with E-state index in [-0.39, 0.29) is 18.4 Å². The summed E-state index contributed by atoms with van der Waals surface area (Å²) in [6.45, 7) is 1.56. The Labute approximate surface area is 123 Å². The van der Waals surface area contributed by atoms with Crippen molar-refractivity contribution in [3.8, 4) is 5.75 Å². The van der Waals surface area contributed by atoms with E-state index in [9.17, 15) is 34.8 Å². The maximum atomic E-state index is 12.8. The van der Waals surface area contributed by atoms with E-state index in [0.29, 0.717) is 0 Å². The normalized spacial score (nSPS) is 14.7. The fourth-order valence-corrected chi connectivity index (χ4v) is 2.20. The minimum atomic E-state index is -5.84. The van der Waals surface area contributed by atoms with Crippen molar-refractivity contribution >= 4 is 10.1 Å². The molecule has 0 amide bonds. The molecule has 0 radical (unpaired) electrons. The van der Waals surface area contributed by atoms with Crippen LogP contribution < -0.4 is 4.18 Å². The van der Waals surface area contributed by atoms with E-state index < -0.39 is 33.5 Å². The molecule has 22 heavy (non-hydrogen) atoms. The van der Waals surface area contributed by atoms with Gasteiger partial charge in [-0.2, -0.15) is 34.8 Å². The Hall–Kier alpha value is -1.45. The standard InChI is InChI=1S/C12H12F6O3S/c1-2-3-10(11(13,14)15)8-4-6-9(7-5-8)21-22(19,20)12(16,17)18/h4-7,10H,2-3H2,1H3. The molecule has 1 aromatic carbocycles. The van der Waals surface area contributed by atoms with Crippen LogP contribution in [0.15, 0.2) is 24.3 Å². The molecule has 0 aliphatic rings. The molecule has 0 saturated heterocycles. The number of alkyl halides is 6. The smallest absolute Gasteiger partial charge is 0.376 e. The number of halogens is 6. The van der Waals surface area contributed by atoms with Crippen LogP contribution in [0, 0.1) is 0 Å². The number of rotatable bonds is 5. The summed E-state index contributed by atoms with van der Waals surface area (Å²) < 4.78 is 100. The number of hydrogen-bond donors (Lipinski definition) is 0. The van der Waals surface area contributed by atoms with Crippen molar-refractivity contribution in [3.05, 3.63) is 29.8 Å². The van der Waals surface area contributed by atoms with Crippen molar-refractivity contribution in [3.63, 3.8) is 0 Å². The van der Waals surface area contributed by atoms with Crippen molar-refractivity contribution in [1.29, 1.82) is 0 Å². The monoisotopic (exact) mass is 350 g/mol. The fourth-order valence-electron chi connectivity index (χ4n) is 1.74. The van der Waals surface area contributed by atoms with Gasteiger partial charge in [0.2, 0.25) is 0 Å². The Morgan fingerprint density at radius 2 is 1.55 bits per heavy atom. The summed E-state index contributed by atoms with van der Waals surface area (Å²) in [6, 6.07) is 3.31. The molecule has 1 rings (SSSR count). The third-order valence-corrected chi connectivity index (χ3v) is 3.72. The van der Waals surface area contributed by atoms with Crippen molar-refractivity contribution in [2.45, 2.75) is 37.4 Å². The van der Waals surface area contributed by atoms with E-state index in [4.69, 9.17) is 0 Å². The molecular weight excluding hydrogens is 338 g/mol. The van der Waals surface area contributed by atoms with E-state index in [1.165, 1.54) is 0 Å². The Bertz CT molecular complexity index is 589. The molecular formula is C12H12F6O3S. The molecule has 126 valence electrons. The van der Waals surface area contributed by atoms with E-state index in [1.54, 1.807) is 6.92 Å². The predicted molar refractivity (Wildman–Crippen MR) is 65.7 cm³/mol. The molecule has 0 aliphatic heterocycles. The Morgan fingerprint density at radius 3 is 1.91 bits per heavy atom. The summed E-state index contributed by atoms with van der Waals surface area (Å²) in [6.07, 6.45) is -4.44. The maximum absolute atomic E-state index is 12.8. The largest absolute Gasteiger partial charge is 0.534 e. The molecule has 0 saturated carbocycles. The first-order valence-corrected chi connectivity index (χ1v) is 7.46. The lowest BCUT2D eigenvalue weighted by Gasteiger charge is -2.20. The van der Waals surface area contributed by atoms with Crippen LogP contribution in [0.2, 0.25) is 0 Å². The second kappa shape index (κ2) is 6.35. The zero-order valence-electron chi connectivity index (χ0n) is 11.2. The van der Waals surface area contributed by atoms with Gasteiger partial charge in [0, 0.05) is 0 Å². The zero-order valence-corrected chi connectivity index (χ0v) is 12.0. The average molecular weight is 350 g/mol. The van der Waals surface area contributed by atoms with Crippen LogP contribution in [0.1, 0.15) is 31.2 Å². The lowest BCUT2D eigenvalue weighted by Crippen LogP contribution is -2.28. The van der Waals surface area contributed by atoms with Crippen LogP contribution in [0.4, 0.5) is 26.3 Å². The second-order valence-electron chi connectivity index (χ2n) is 4.44. The average Bonchev–Trinajstić information content (AvgIpc) is 2.34. The first-order chi connectivity index (χ1) is 9.88. The summed E-state index contributed by atoms with van der Waals surface area (Å²) in [4.78, 5) is 0. The summed E-state index contributed by atoms with van der Waals surface area (Å²) in [7, 11) is -5.84. The van der Waals surface area contributed by atoms with E-state index >= 15 is 0 Å². The van der Waals surface area contributed by atoms with Gasteiger partial charge in [-0.25, -0.2) is 0 Å². The lowest BCUT2D eigenvalue weighted by atomic mass is 9.94. The Morgan fingerprint density at radius 1 is 1.05 bits per heavy atom. The van der Waals surface area contributed by atoms with Crippen LogP contribution in [0.5, 0.6) is 5.75 Å². The molecule has 0 spiro atoms. The molecule has 1 unspecified atom stereocenters. The second-order valence-corrected chi connectivity index (χ2v) is 5.97. The summed E-state index contributed by atoms with van der Waals surface area (Å²) in [5.74, 6) is -2.48. The molecule has 3 nitrogen and oxygen atoms in total. The van der Waals surface area contributed by atoms with Crippen molar-refractivity contribution in [1.82, 2.24) is 0 Å². The van der Waals surface area contributed by atoms with E-state index in [0.717, 1.165) is 24.3 Å². The SMILES string of the molecule is CCCC(c1ccc(OS(=O)(=O)C(F)(F)F)cc1)C(F)(F)F. The van der Waals surface area contributed by atoms with Gasteiger partial charge in [0.05, 0.1) is 5.92 Å². The predicted octanol–water partition coefficient (Wildman–Crippen LogP) is 4.36. The first kappa shape index (κ1) is 18.6. The Balaban J connectivity index is 3.00. The van der Waals surface area contributed by atoms with Gasteiger partial charge in [-0.15, -0.1) is 0 Å². The molecule has 0 aromatic heterocycles. The van der Waals surface area contributed by atoms with Crippen LogP contribution in [-0.2, 0) is 10.1 Å².